The molecule has 0 spiro atoms. The van der Waals surface area contributed by atoms with Crippen molar-refractivity contribution < 1.29 is 4.79 Å². The van der Waals surface area contributed by atoms with E-state index >= 15 is 0 Å². The minimum Gasteiger partial charge on any atom is -0.375 e. The second-order valence-electron chi connectivity index (χ2n) is 4.28. The molecule has 1 aliphatic heterocycles. The van der Waals surface area contributed by atoms with E-state index in [0.29, 0.717) is 6.54 Å². The van der Waals surface area contributed by atoms with Gasteiger partial charge in [0.05, 0.1) is 6.54 Å². The van der Waals surface area contributed by atoms with Gasteiger partial charge in [0.15, 0.2) is 5.78 Å². The number of Topliss-reactive ketones (excluding diaryl/α,β-unsaturated/α-hetero) is 1. The topological polar surface area (TPSA) is 23.6 Å². The van der Waals surface area contributed by atoms with Crippen LogP contribution in [0.5, 0.6) is 0 Å². The summed E-state index contributed by atoms with van der Waals surface area (Å²) in [6.45, 7) is 8.08. The summed E-state index contributed by atoms with van der Waals surface area (Å²) in [5.41, 5.74) is 0.804. The van der Waals surface area contributed by atoms with Gasteiger partial charge in [-0.1, -0.05) is 36.9 Å². The van der Waals surface area contributed by atoms with E-state index in [4.69, 9.17) is 0 Å². The second-order valence-corrected chi connectivity index (χ2v) is 4.28. The number of rotatable bonds is 4. The SMILES string of the molecule is C=CN1CCN(CC(=O)c2ccccc2)CC1. The van der Waals surface area contributed by atoms with Crippen LogP contribution >= 0.6 is 0 Å². The minimum absolute atomic E-state index is 0.206. The van der Waals surface area contributed by atoms with E-state index in [0.717, 1.165) is 31.7 Å². The molecule has 1 heterocycles. The van der Waals surface area contributed by atoms with Gasteiger partial charge in [-0.05, 0) is 6.20 Å². The van der Waals surface area contributed by atoms with Gasteiger partial charge in [-0.2, -0.15) is 0 Å². The van der Waals surface area contributed by atoms with Crippen molar-refractivity contribution in [1.82, 2.24) is 9.80 Å². The summed E-state index contributed by atoms with van der Waals surface area (Å²) >= 11 is 0. The van der Waals surface area contributed by atoms with Crippen LogP contribution in [0, 0.1) is 0 Å². The monoisotopic (exact) mass is 230 g/mol. The fraction of sp³-hybridized carbons (Fsp3) is 0.357. The lowest BCUT2D eigenvalue weighted by molar-refractivity contribution is 0.0888. The Morgan fingerprint density at radius 1 is 1.18 bits per heavy atom. The Morgan fingerprint density at radius 2 is 1.82 bits per heavy atom. The van der Waals surface area contributed by atoms with E-state index < -0.39 is 0 Å². The Hall–Kier alpha value is -1.61. The zero-order valence-electron chi connectivity index (χ0n) is 10.0. The number of hydrogen-bond donors (Lipinski definition) is 0. The number of benzene rings is 1. The summed E-state index contributed by atoms with van der Waals surface area (Å²) in [7, 11) is 0. The van der Waals surface area contributed by atoms with Gasteiger partial charge >= 0.3 is 0 Å². The molecule has 0 N–H and O–H groups in total. The molecule has 1 aromatic rings. The van der Waals surface area contributed by atoms with Crippen molar-refractivity contribution in [2.24, 2.45) is 0 Å². The molecule has 3 heteroatoms. The van der Waals surface area contributed by atoms with Gasteiger partial charge in [0.1, 0.15) is 0 Å². The molecule has 0 atom stereocenters. The van der Waals surface area contributed by atoms with Crippen molar-refractivity contribution in [2.75, 3.05) is 32.7 Å². The second kappa shape index (κ2) is 5.64. The maximum Gasteiger partial charge on any atom is 0.176 e. The van der Waals surface area contributed by atoms with Crippen LogP contribution in [-0.4, -0.2) is 48.3 Å². The van der Waals surface area contributed by atoms with Gasteiger partial charge in [0.2, 0.25) is 0 Å². The highest BCUT2D eigenvalue weighted by Crippen LogP contribution is 2.05. The summed E-state index contributed by atoms with van der Waals surface area (Å²) in [5.74, 6) is 0.206. The fourth-order valence-corrected chi connectivity index (χ4v) is 2.02. The average molecular weight is 230 g/mol. The highest BCUT2D eigenvalue weighted by atomic mass is 16.1. The Balaban J connectivity index is 1.86. The first-order chi connectivity index (χ1) is 8.29. The maximum atomic E-state index is 12.0. The lowest BCUT2D eigenvalue weighted by Crippen LogP contribution is -2.45. The van der Waals surface area contributed by atoms with E-state index in [1.54, 1.807) is 0 Å². The molecule has 3 nitrogen and oxygen atoms in total. The number of carbonyl (C=O) groups is 1. The zero-order valence-corrected chi connectivity index (χ0v) is 10.0. The van der Waals surface area contributed by atoms with Crippen LogP contribution < -0.4 is 0 Å². The molecule has 90 valence electrons. The lowest BCUT2D eigenvalue weighted by Gasteiger charge is -2.33. The third-order valence-corrected chi connectivity index (χ3v) is 3.13. The van der Waals surface area contributed by atoms with Gasteiger partial charge in [-0.3, -0.25) is 9.69 Å². The summed E-state index contributed by atoms with van der Waals surface area (Å²) in [4.78, 5) is 16.4. The molecule has 1 fully saturated rings. The molecule has 0 amide bonds. The molecule has 0 bridgehead atoms. The predicted octanol–water partition coefficient (Wildman–Crippen LogP) is 1.63. The normalized spacial score (nSPS) is 16.8. The molecule has 17 heavy (non-hydrogen) atoms. The molecule has 0 radical (unpaired) electrons. The van der Waals surface area contributed by atoms with Crippen LogP contribution in [0.15, 0.2) is 43.1 Å². The van der Waals surface area contributed by atoms with Crippen molar-refractivity contribution in [1.29, 1.82) is 0 Å². The van der Waals surface area contributed by atoms with Crippen LogP contribution in [0.1, 0.15) is 10.4 Å². The quantitative estimate of drug-likeness (QED) is 0.735. The first-order valence-corrected chi connectivity index (χ1v) is 5.97. The lowest BCUT2D eigenvalue weighted by atomic mass is 10.1. The van der Waals surface area contributed by atoms with Crippen LogP contribution in [0.25, 0.3) is 0 Å². The number of nitrogens with zero attached hydrogens (tertiary/aromatic N) is 2. The predicted molar refractivity (Wildman–Crippen MR) is 69.0 cm³/mol. The highest BCUT2D eigenvalue weighted by Gasteiger charge is 2.17. The maximum absolute atomic E-state index is 12.0. The smallest absolute Gasteiger partial charge is 0.176 e. The summed E-state index contributed by atoms with van der Waals surface area (Å²) in [6, 6.07) is 9.50. The van der Waals surface area contributed by atoms with Crippen LogP contribution in [0.3, 0.4) is 0 Å². The van der Waals surface area contributed by atoms with Crippen LogP contribution in [0.2, 0.25) is 0 Å². The molecular weight excluding hydrogens is 212 g/mol. The van der Waals surface area contributed by atoms with Crippen molar-refractivity contribution >= 4 is 5.78 Å². The van der Waals surface area contributed by atoms with Gasteiger partial charge in [0, 0.05) is 31.7 Å². The van der Waals surface area contributed by atoms with Gasteiger partial charge in [-0.15, -0.1) is 0 Å². The van der Waals surface area contributed by atoms with Gasteiger partial charge in [0.25, 0.3) is 0 Å². The molecular formula is C14H18N2O. The minimum atomic E-state index is 0.206. The summed E-state index contributed by atoms with van der Waals surface area (Å²) in [5, 5.41) is 0. The van der Waals surface area contributed by atoms with E-state index in [9.17, 15) is 4.79 Å². The summed E-state index contributed by atoms with van der Waals surface area (Å²) in [6.07, 6.45) is 1.87. The van der Waals surface area contributed by atoms with E-state index in [-0.39, 0.29) is 5.78 Å². The van der Waals surface area contributed by atoms with Gasteiger partial charge < -0.3 is 4.90 Å². The zero-order chi connectivity index (χ0) is 12.1. The first-order valence-electron chi connectivity index (χ1n) is 5.97. The molecule has 1 aliphatic rings. The number of ketones is 1. The van der Waals surface area contributed by atoms with E-state index in [1.165, 1.54) is 0 Å². The Bertz CT molecular complexity index is 380. The molecule has 0 unspecified atom stereocenters. The number of carbonyl (C=O) groups excluding carboxylic acids is 1. The van der Waals surface area contributed by atoms with E-state index in [2.05, 4.69) is 16.4 Å². The Kier molecular flexibility index (Phi) is 3.94. The third-order valence-electron chi connectivity index (χ3n) is 3.13. The Morgan fingerprint density at radius 3 is 2.41 bits per heavy atom. The molecule has 0 aliphatic carbocycles. The molecule has 1 aromatic carbocycles. The molecule has 2 rings (SSSR count). The fourth-order valence-electron chi connectivity index (χ4n) is 2.02. The number of hydrogen-bond acceptors (Lipinski definition) is 3. The summed E-state index contributed by atoms with van der Waals surface area (Å²) < 4.78 is 0. The standard InChI is InChI=1S/C14H18N2O/c1-2-15-8-10-16(11-9-15)12-14(17)13-6-4-3-5-7-13/h2-7H,1,8-12H2. The van der Waals surface area contributed by atoms with Crippen molar-refractivity contribution in [2.45, 2.75) is 0 Å². The van der Waals surface area contributed by atoms with Crippen molar-refractivity contribution in [3.05, 3.63) is 48.7 Å². The van der Waals surface area contributed by atoms with Gasteiger partial charge in [-0.25, -0.2) is 0 Å². The van der Waals surface area contributed by atoms with Crippen LogP contribution in [-0.2, 0) is 0 Å². The van der Waals surface area contributed by atoms with Crippen molar-refractivity contribution in [3.8, 4) is 0 Å². The third kappa shape index (κ3) is 3.17. The first kappa shape index (κ1) is 11.9. The Labute approximate surface area is 102 Å². The molecule has 1 saturated heterocycles. The van der Waals surface area contributed by atoms with Crippen molar-refractivity contribution in [3.63, 3.8) is 0 Å². The largest absolute Gasteiger partial charge is 0.375 e. The molecule has 0 aromatic heterocycles. The molecule has 0 saturated carbocycles. The van der Waals surface area contributed by atoms with E-state index in [1.807, 2.05) is 36.5 Å². The number of piperazine rings is 1. The highest BCUT2D eigenvalue weighted by molar-refractivity contribution is 5.97. The average Bonchev–Trinajstić information content (AvgIpc) is 2.40. The van der Waals surface area contributed by atoms with Crippen LogP contribution in [0.4, 0.5) is 0 Å².